The Hall–Kier alpha value is -8.55. The van der Waals surface area contributed by atoms with Crippen LogP contribution in [0.4, 0.5) is 0 Å². The molecule has 7 heteroatoms. The lowest BCUT2D eigenvalue weighted by atomic mass is 9.99. The second-order valence-electron chi connectivity index (χ2n) is 15.9. The van der Waals surface area contributed by atoms with Crippen molar-refractivity contribution in [3.8, 4) is 39.9 Å². The van der Waals surface area contributed by atoms with Gasteiger partial charge in [0.2, 0.25) is 5.95 Å². The van der Waals surface area contributed by atoms with Crippen LogP contribution in [0.5, 0.6) is 0 Å². The molecule has 7 nitrogen and oxygen atoms in total. The van der Waals surface area contributed by atoms with Crippen molar-refractivity contribution in [3.63, 3.8) is 0 Å². The number of para-hydroxylation sites is 5. The first-order chi connectivity index (χ1) is 30.7. The van der Waals surface area contributed by atoms with E-state index in [1.54, 1.807) is 0 Å². The van der Waals surface area contributed by atoms with E-state index < -0.39 is 0 Å². The van der Waals surface area contributed by atoms with Gasteiger partial charge in [0.1, 0.15) is 33.5 Å². The summed E-state index contributed by atoms with van der Waals surface area (Å²) in [4.78, 5) is 16.0. The molecule has 0 atom stereocenters. The zero-order chi connectivity index (χ0) is 40.5. The van der Waals surface area contributed by atoms with Gasteiger partial charge in [0.05, 0.1) is 11.0 Å². The molecule has 0 aliphatic rings. The Morgan fingerprint density at radius 1 is 0.339 bits per heavy atom. The molecule has 0 radical (unpaired) electrons. The van der Waals surface area contributed by atoms with Gasteiger partial charge in [-0.3, -0.25) is 4.57 Å². The molecule has 0 N–H and O–H groups in total. The van der Waals surface area contributed by atoms with Gasteiger partial charge in [0, 0.05) is 65.3 Å². The molecule has 0 aliphatic heterocycles. The molecule has 0 fully saturated rings. The normalized spacial score (nSPS) is 12.2. The molecule has 0 aliphatic carbocycles. The largest absolute Gasteiger partial charge is 0.456 e. The van der Waals surface area contributed by atoms with E-state index in [9.17, 15) is 0 Å². The summed E-state index contributed by atoms with van der Waals surface area (Å²) < 4.78 is 21.7. The zero-order valence-corrected chi connectivity index (χ0v) is 32.8. The quantitative estimate of drug-likeness (QED) is 0.176. The fraction of sp³-hybridized carbons (Fsp3) is 0. The first kappa shape index (κ1) is 33.3. The molecule has 0 unspecified atom stereocenters. The van der Waals surface area contributed by atoms with Crippen LogP contribution in [0.15, 0.2) is 195 Å². The van der Waals surface area contributed by atoms with Crippen LogP contribution in [0.3, 0.4) is 0 Å². The lowest BCUT2D eigenvalue weighted by Crippen LogP contribution is -2.07. The maximum Gasteiger partial charge on any atom is 0.238 e. The van der Waals surface area contributed by atoms with E-state index in [0.29, 0.717) is 17.6 Å². The second kappa shape index (κ2) is 12.5. The lowest BCUT2D eigenvalue weighted by Gasteiger charge is -2.13. The monoisotopic (exact) mass is 794 g/mol. The highest BCUT2D eigenvalue weighted by Gasteiger charge is 2.24. The highest BCUT2D eigenvalue weighted by Crippen LogP contribution is 2.43. The van der Waals surface area contributed by atoms with Gasteiger partial charge >= 0.3 is 0 Å². The predicted molar refractivity (Wildman–Crippen MR) is 250 cm³/mol. The standard InChI is InChI=1S/C55H30N4O3/c1-2-12-32-28-45-44(27-31(32)11-1)41-17-9-16-40(43-19-10-18-42-37-15-5-8-22-48(37)62-52(42)43)51(41)59(45)55-57-53(33-23-25-38-35-13-3-6-20-46(35)60-49(38)29-33)56-54(58-55)34-24-26-39-36-14-4-7-21-47(36)61-50(39)30-34/h1-30H. The Morgan fingerprint density at radius 3 is 1.48 bits per heavy atom. The van der Waals surface area contributed by atoms with Crippen molar-refractivity contribution in [2.45, 2.75) is 0 Å². The molecule has 5 heterocycles. The van der Waals surface area contributed by atoms with Crippen LogP contribution in [0.25, 0.3) is 138 Å². The molecule has 0 spiro atoms. The van der Waals surface area contributed by atoms with E-state index in [1.165, 1.54) is 0 Å². The van der Waals surface area contributed by atoms with Gasteiger partial charge < -0.3 is 13.3 Å². The van der Waals surface area contributed by atoms with Gasteiger partial charge in [-0.05, 0) is 65.4 Å². The van der Waals surface area contributed by atoms with Gasteiger partial charge in [0.25, 0.3) is 0 Å². The maximum absolute atomic E-state index is 6.67. The van der Waals surface area contributed by atoms with E-state index in [-0.39, 0.29) is 0 Å². The van der Waals surface area contributed by atoms with Gasteiger partial charge in [0.15, 0.2) is 11.6 Å². The molecule has 0 bridgehead atoms. The van der Waals surface area contributed by atoms with Crippen LogP contribution in [0.1, 0.15) is 0 Å². The van der Waals surface area contributed by atoms with Crippen LogP contribution in [-0.2, 0) is 0 Å². The van der Waals surface area contributed by atoms with Gasteiger partial charge in [-0.2, -0.15) is 9.97 Å². The Morgan fingerprint density at radius 2 is 0.839 bits per heavy atom. The van der Waals surface area contributed by atoms with E-state index in [0.717, 1.165) is 121 Å². The number of nitrogens with zero attached hydrogens (tertiary/aromatic N) is 4. The van der Waals surface area contributed by atoms with Crippen LogP contribution in [0, 0.1) is 0 Å². The number of furan rings is 3. The topological polar surface area (TPSA) is 83.0 Å². The van der Waals surface area contributed by atoms with E-state index in [2.05, 4.69) is 126 Å². The fourth-order valence-corrected chi connectivity index (χ4v) is 9.59. The first-order valence-electron chi connectivity index (χ1n) is 20.7. The molecule has 9 aromatic carbocycles. The predicted octanol–water partition coefficient (Wildman–Crippen LogP) is 14.8. The summed E-state index contributed by atoms with van der Waals surface area (Å²) >= 11 is 0. The second-order valence-corrected chi connectivity index (χ2v) is 15.9. The van der Waals surface area contributed by atoms with Crippen molar-refractivity contribution in [1.82, 2.24) is 19.5 Å². The minimum absolute atomic E-state index is 0.485. The first-order valence-corrected chi connectivity index (χ1v) is 20.7. The van der Waals surface area contributed by atoms with Crippen molar-refractivity contribution in [2.24, 2.45) is 0 Å². The summed E-state index contributed by atoms with van der Waals surface area (Å²) in [5, 5.41) is 10.8. The summed E-state index contributed by atoms with van der Waals surface area (Å²) in [6, 6.07) is 62.8. The summed E-state index contributed by atoms with van der Waals surface area (Å²) in [5.74, 6) is 1.52. The van der Waals surface area contributed by atoms with E-state index in [4.69, 9.17) is 28.2 Å². The SMILES string of the molecule is c1ccc2cc3c(cc2c1)c1cccc(-c2cccc4c2oc2ccccc24)c1n3-c1nc(-c2ccc3c(c2)oc2ccccc23)nc(-c2ccc3c(c2)oc2ccccc23)n1. The Bertz CT molecular complexity index is 4060. The molecule has 5 aromatic heterocycles. The summed E-state index contributed by atoms with van der Waals surface area (Å²) in [5.41, 5.74) is 10.4. The number of benzene rings is 9. The third-order valence-corrected chi connectivity index (χ3v) is 12.4. The van der Waals surface area contributed by atoms with Crippen LogP contribution in [0.2, 0.25) is 0 Å². The van der Waals surface area contributed by atoms with Crippen LogP contribution in [-0.4, -0.2) is 19.5 Å². The molecule has 14 aromatic rings. The summed E-state index contributed by atoms with van der Waals surface area (Å²) in [6.45, 7) is 0. The molecule has 14 rings (SSSR count). The third kappa shape index (κ3) is 4.78. The molecule has 0 amide bonds. The smallest absolute Gasteiger partial charge is 0.238 e. The average Bonchev–Trinajstić information content (AvgIpc) is 4.09. The summed E-state index contributed by atoms with van der Waals surface area (Å²) in [7, 11) is 0. The van der Waals surface area contributed by atoms with Crippen molar-refractivity contribution >= 4 is 98.4 Å². The zero-order valence-electron chi connectivity index (χ0n) is 32.8. The van der Waals surface area contributed by atoms with Crippen molar-refractivity contribution in [3.05, 3.63) is 182 Å². The van der Waals surface area contributed by atoms with Gasteiger partial charge in [-0.1, -0.05) is 127 Å². The number of hydrogen-bond acceptors (Lipinski definition) is 6. The van der Waals surface area contributed by atoms with Crippen LogP contribution >= 0.6 is 0 Å². The third-order valence-electron chi connectivity index (χ3n) is 12.4. The Kier molecular flexibility index (Phi) is 6.71. The average molecular weight is 795 g/mol. The molecular weight excluding hydrogens is 765 g/mol. The molecule has 62 heavy (non-hydrogen) atoms. The number of fused-ring (bicyclic) bond motifs is 13. The van der Waals surface area contributed by atoms with Crippen LogP contribution < -0.4 is 0 Å². The minimum atomic E-state index is 0.485. The lowest BCUT2D eigenvalue weighted by molar-refractivity contribution is 0.668. The molecular formula is C55H30N4O3. The summed E-state index contributed by atoms with van der Waals surface area (Å²) in [6.07, 6.45) is 0. The number of rotatable bonds is 4. The molecule has 0 saturated carbocycles. The van der Waals surface area contributed by atoms with Crippen molar-refractivity contribution < 1.29 is 13.3 Å². The van der Waals surface area contributed by atoms with E-state index in [1.807, 2.05) is 60.7 Å². The Balaban J connectivity index is 1.09. The number of aromatic nitrogens is 4. The highest BCUT2D eigenvalue weighted by atomic mass is 16.3. The fourth-order valence-electron chi connectivity index (χ4n) is 9.59. The maximum atomic E-state index is 6.67. The highest BCUT2D eigenvalue weighted by molar-refractivity contribution is 6.19. The molecule has 288 valence electrons. The van der Waals surface area contributed by atoms with Crippen molar-refractivity contribution in [1.29, 1.82) is 0 Å². The molecule has 0 saturated heterocycles. The Labute approximate surface area is 351 Å². The van der Waals surface area contributed by atoms with E-state index >= 15 is 0 Å². The minimum Gasteiger partial charge on any atom is -0.456 e. The van der Waals surface area contributed by atoms with Gasteiger partial charge in [-0.25, -0.2) is 4.98 Å². The number of hydrogen-bond donors (Lipinski definition) is 0. The van der Waals surface area contributed by atoms with Crippen molar-refractivity contribution in [2.75, 3.05) is 0 Å². The van der Waals surface area contributed by atoms with Gasteiger partial charge in [-0.15, -0.1) is 0 Å².